The van der Waals surface area contributed by atoms with E-state index >= 15 is 0 Å². The van der Waals surface area contributed by atoms with Crippen molar-refractivity contribution in [1.82, 2.24) is 4.90 Å². The first-order valence-electron chi connectivity index (χ1n) is 5.84. The van der Waals surface area contributed by atoms with E-state index in [1.165, 1.54) is 19.3 Å². The van der Waals surface area contributed by atoms with Gasteiger partial charge >= 0.3 is 0 Å². The number of ether oxygens (including phenoxy) is 1. The zero-order valence-corrected chi connectivity index (χ0v) is 8.56. The predicted molar refractivity (Wildman–Crippen MR) is 53.0 cm³/mol. The summed E-state index contributed by atoms with van der Waals surface area (Å²) in [5.74, 6) is 1.99. The molecule has 2 saturated carbocycles. The summed E-state index contributed by atoms with van der Waals surface area (Å²) in [7, 11) is 0. The Hall–Kier alpha value is -0.120. The number of fused-ring (bicyclic) bond motifs is 1. The third kappa shape index (κ3) is 1.38. The van der Waals surface area contributed by atoms with Crippen molar-refractivity contribution in [2.24, 2.45) is 11.8 Å². The maximum atomic E-state index is 9.30. The van der Waals surface area contributed by atoms with Crippen molar-refractivity contribution in [3.63, 3.8) is 0 Å². The minimum absolute atomic E-state index is 0.258. The van der Waals surface area contributed by atoms with Crippen LogP contribution in [0, 0.1) is 11.8 Å². The van der Waals surface area contributed by atoms with Gasteiger partial charge in [-0.25, -0.2) is 0 Å². The monoisotopic (exact) mass is 197 g/mol. The first kappa shape index (κ1) is 9.13. The molecule has 3 aliphatic rings. The van der Waals surface area contributed by atoms with Crippen LogP contribution < -0.4 is 0 Å². The smallest absolute Gasteiger partial charge is 0.0644 e. The summed E-state index contributed by atoms with van der Waals surface area (Å²) >= 11 is 0. The zero-order chi connectivity index (χ0) is 9.54. The Morgan fingerprint density at radius 2 is 2.29 bits per heavy atom. The molecule has 0 aromatic heterocycles. The fourth-order valence-corrected chi connectivity index (χ4v) is 3.35. The van der Waals surface area contributed by atoms with Gasteiger partial charge in [-0.15, -0.1) is 0 Å². The normalized spacial score (nSPS) is 47.8. The van der Waals surface area contributed by atoms with E-state index < -0.39 is 0 Å². The van der Waals surface area contributed by atoms with Gasteiger partial charge in [0.25, 0.3) is 0 Å². The molecule has 3 rings (SSSR count). The SMILES string of the molecule is OCC1COCCN1C1CCC2CC21. The molecule has 3 nitrogen and oxygen atoms in total. The minimum atomic E-state index is 0.258. The van der Waals surface area contributed by atoms with Gasteiger partial charge in [-0.05, 0) is 31.1 Å². The summed E-state index contributed by atoms with van der Waals surface area (Å²) in [6.07, 6.45) is 4.22. The van der Waals surface area contributed by atoms with E-state index in [0.717, 1.165) is 37.6 Å². The highest BCUT2D eigenvalue weighted by atomic mass is 16.5. The standard InChI is InChI=1S/C11H19NO2/c13-6-9-7-14-4-3-12(9)11-2-1-8-5-10(8)11/h8-11,13H,1-7H2. The Balaban J connectivity index is 1.68. The lowest BCUT2D eigenvalue weighted by Crippen LogP contribution is -2.52. The molecule has 4 atom stereocenters. The summed E-state index contributed by atoms with van der Waals surface area (Å²) in [4.78, 5) is 2.52. The fourth-order valence-electron chi connectivity index (χ4n) is 3.35. The topological polar surface area (TPSA) is 32.7 Å². The molecule has 0 aromatic rings. The highest BCUT2D eigenvalue weighted by molar-refractivity contribution is 5.03. The summed E-state index contributed by atoms with van der Waals surface area (Å²) in [6.45, 7) is 2.86. The molecule has 0 radical (unpaired) electrons. The van der Waals surface area contributed by atoms with E-state index in [-0.39, 0.29) is 12.6 Å². The lowest BCUT2D eigenvalue weighted by Gasteiger charge is -2.39. The maximum absolute atomic E-state index is 9.30. The van der Waals surface area contributed by atoms with Gasteiger partial charge in [0.15, 0.2) is 0 Å². The lowest BCUT2D eigenvalue weighted by molar-refractivity contribution is -0.0498. The van der Waals surface area contributed by atoms with Crippen molar-refractivity contribution in [2.45, 2.75) is 31.3 Å². The number of hydrogen-bond acceptors (Lipinski definition) is 3. The van der Waals surface area contributed by atoms with Crippen LogP contribution in [0.15, 0.2) is 0 Å². The minimum Gasteiger partial charge on any atom is -0.395 e. The van der Waals surface area contributed by atoms with E-state index in [1.54, 1.807) is 0 Å². The third-order valence-electron chi connectivity index (χ3n) is 4.21. The quantitative estimate of drug-likeness (QED) is 0.699. The van der Waals surface area contributed by atoms with Gasteiger partial charge in [0.1, 0.15) is 0 Å². The van der Waals surface area contributed by atoms with Crippen molar-refractivity contribution in [1.29, 1.82) is 0 Å². The maximum Gasteiger partial charge on any atom is 0.0644 e. The molecular weight excluding hydrogens is 178 g/mol. The van der Waals surface area contributed by atoms with Crippen molar-refractivity contribution in [3.8, 4) is 0 Å². The highest BCUT2D eigenvalue weighted by Gasteiger charge is 2.51. The number of aliphatic hydroxyl groups is 1. The molecule has 3 heteroatoms. The van der Waals surface area contributed by atoms with E-state index in [0.29, 0.717) is 0 Å². The zero-order valence-electron chi connectivity index (χ0n) is 8.56. The number of morpholine rings is 1. The van der Waals surface area contributed by atoms with Crippen molar-refractivity contribution in [2.75, 3.05) is 26.4 Å². The van der Waals surface area contributed by atoms with Crippen LogP contribution in [-0.2, 0) is 4.74 Å². The average molecular weight is 197 g/mol. The van der Waals surface area contributed by atoms with Crippen LogP contribution in [0.1, 0.15) is 19.3 Å². The summed E-state index contributed by atoms with van der Waals surface area (Å²) in [6, 6.07) is 1.04. The number of hydrogen-bond donors (Lipinski definition) is 1. The Labute approximate surface area is 85.0 Å². The van der Waals surface area contributed by atoms with E-state index in [4.69, 9.17) is 4.74 Å². The molecule has 3 fully saturated rings. The Kier molecular flexibility index (Phi) is 2.26. The van der Waals surface area contributed by atoms with Crippen molar-refractivity contribution in [3.05, 3.63) is 0 Å². The Bertz CT molecular complexity index is 221. The highest BCUT2D eigenvalue weighted by Crippen LogP contribution is 2.53. The van der Waals surface area contributed by atoms with Gasteiger partial charge in [-0.3, -0.25) is 4.90 Å². The molecule has 1 N–H and O–H groups in total. The van der Waals surface area contributed by atoms with Gasteiger partial charge in [-0.1, -0.05) is 0 Å². The predicted octanol–water partition coefficient (Wildman–Crippen LogP) is 0.478. The Morgan fingerprint density at radius 1 is 1.36 bits per heavy atom. The summed E-state index contributed by atoms with van der Waals surface area (Å²) < 4.78 is 5.41. The summed E-state index contributed by atoms with van der Waals surface area (Å²) in [5, 5.41) is 9.30. The molecule has 1 heterocycles. The number of rotatable bonds is 2. The molecule has 0 bridgehead atoms. The summed E-state index contributed by atoms with van der Waals surface area (Å²) in [5.41, 5.74) is 0. The largest absolute Gasteiger partial charge is 0.395 e. The van der Waals surface area contributed by atoms with Crippen LogP contribution in [0.5, 0.6) is 0 Å². The second-order valence-electron chi connectivity index (χ2n) is 4.95. The molecule has 2 aliphatic carbocycles. The van der Waals surface area contributed by atoms with Gasteiger partial charge in [-0.2, -0.15) is 0 Å². The van der Waals surface area contributed by atoms with E-state index in [9.17, 15) is 5.11 Å². The number of aliphatic hydroxyl groups excluding tert-OH is 1. The van der Waals surface area contributed by atoms with Gasteiger partial charge in [0.05, 0.1) is 25.9 Å². The van der Waals surface area contributed by atoms with Crippen LogP contribution in [0.3, 0.4) is 0 Å². The van der Waals surface area contributed by atoms with Crippen molar-refractivity contribution < 1.29 is 9.84 Å². The molecule has 4 unspecified atom stereocenters. The van der Waals surface area contributed by atoms with Crippen LogP contribution in [0.2, 0.25) is 0 Å². The Morgan fingerprint density at radius 3 is 2.93 bits per heavy atom. The second kappa shape index (κ2) is 3.47. The molecular formula is C11H19NO2. The first-order valence-corrected chi connectivity index (χ1v) is 5.84. The van der Waals surface area contributed by atoms with E-state index in [2.05, 4.69) is 4.90 Å². The van der Waals surface area contributed by atoms with Crippen LogP contribution in [-0.4, -0.2) is 48.5 Å². The van der Waals surface area contributed by atoms with E-state index in [1.807, 2.05) is 0 Å². The van der Waals surface area contributed by atoms with Gasteiger partial charge in [0.2, 0.25) is 0 Å². The molecule has 14 heavy (non-hydrogen) atoms. The fraction of sp³-hybridized carbons (Fsp3) is 1.00. The van der Waals surface area contributed by atoms with Crippen LogP contribution >= 0.6 is 0 Å². The third-order valence-corrected chi connectivity index (χ3v) is 4.21. The molecule has 80 valence electrons. The van der Waals surface area contributed by atoms with Crippen molar-refractivity contribution >= 4 is 0 Å². The first-order chi connectivity index (χ1) is 6.90. The lowest BCUT2D eigenvalue weighted by atomic mass is 10.1. The van der Waals surface area contributed by atoms with Crippen LogP contribution in [0.25, 0.3) is 0 Å². The number of nitrogens with zero attached hydrogens (tertiary/aromatic N) is 1. The molecule has 0 aromatic carbocycles. The molecule has 0 amide bonds. The molecule has 1 saturated heterocycles. The average Bonchev–Trinajstić information content (AvgIpc) is 2.91. The van der Waals surface area contributed by atoms with Gasteiger partial charge < -0.3 is 9.84 Å². The van der Waals surface area contributed by atoms with Gasteiger partial charge in [0, 0.05) is 12.6 Å². The molecule has 1 aliphatic heterocycles. The second-order valence-corrected chi connectivity index (χ2v) is 4.95. The van der Waals surface area contributed by atoms with Crippen LogP contribution in [0.4, 0.5) is 0 Å². The molecule has 0 spiro atoms.